The number of likely N-dealkylation sites (N-methyl/N-ethyl adjacent to an activating group) is 1. The van der Waals surface area contributed by atoms with Crippen molar-refractivity contribution < 1.29 is 42.9 Å². The average Bonchev–Trinajstić information content (AvgIpc) is 3.19. The number of unbranched alkanes of at least 4 members (excludes halogenated alkanes) is 29. The Balaban J connectivity index is 3.96. The summed E-state index contributed by atoms with van der Waals surface area (Å²) < 4.78 is 22.6. The van der Waals surface area contributed by atoms with E-state index in [1.54, 1.807) is 0 Å². The van der Waals surface area contributed by atoms with Gasteiger partial charge in [-0.1, -0.05) is 193 Å². The second kappa shape index (κ2) is 42.7. The number of nitrogens with zero attached hydrogens (tertiary/aromatic N) is 1. The molecule has 0 rings (SSSR count). The standard InChI is InChI=1S/C50H95NO8/c1-6-8-10-12-13-14-15-16-17-18-19-20-21-22-23-24-25-26-27-28-29-30-31-32-33-34-35-37-39-41-48(53)59-46(44-57-47(52)40-38-36-11-9-7-2)45-58-50(49(54)55)56-43-42-51(3,4)5/h18-19,46,50H,6-17,20-45H2,1-5H3/p+1/b19-18-. The third-order valence-electron chi connectivity index (χ3n) is 11.0. The lowest BCUT2D eigenvalue weighted by molar-refractivity contribution is -0.870. The molecule has 0 aromatic carbocycles. The number of rotatable bonds is 46. The Labute approximate surface area is 364 Å². The maximum atomic E-state index is 12.7. The monoisotopic (exact) mass is 839 g/mol. The minimum Gasteiger partial charge on any atom is -0.477 e. The molecule has 59 heavy (non-hydrogen) atoms. The highest BCUT2D eigenvalue weighted by Crippen LogP contribution is 2.16. The number of aliphatic carboxylic acids is 1. The maximum absolute atomic E-state index is 12.7. The predicted octanol–water partition coefficient (Wildman–Crippen LogP) is 13.5. The van der Waals surface area contributed by atoms with Gasteiger partial charge in [0.2, 0.25) is 0 Å². The van der Waals surface area contributed by atoms with E-state index in [2.05, 4.69) is 26.0 Å². The van der Waals surface area contributed by atoms with Crippen LogP contribution in [0.5, 0.6) is 0 Å². The van der Waals surface area contributed by atoms with Crippen molar-refractivity contribution in [2.24, 2.45) is 0 Å². The van der Waals surface area contributed by atoms with Crippen molar-refractivity contribution in [2.45, 2.75) is 245 Å². The number of carbonyl (C=O) groups is 3. The summed E-state index contributed by atoms with van der Waals surface area (Å²) in [5, 5.41) is 9.59. The van der Waals surface area contributed by atoms with Gasteiger partial charge in [0.25, 0.3) is 6.29 Å². The number of hydrogen-bond acceptors (Lipinski definition) is 7. The van der Waals surface area contributed by atoms with E-state index in [1.807, 2.05) is 21.1 Å². The summed E-state index contributed by atoms with van der Waals surface area (Å²) >= 11 is 0. The van der Waals surface area contributed by atoms with Crippen molar-refractivity contribution in [3.63, 3.8) is 0 Å². The minimum absolute atomic E-state index is 0.178. The summed E-state index contributed by atoms with van der Waals surface area (Å²) in [6.07, 6.45) is 43.5. The molecule has 0 saturated carbocycles. The Hall–Kier alpha value is -1.97. The highest BCUT2D eigenvalue weighted by Gasteiger charge is 2.25. The predicted molar refractivity (Wildman–Crippen MR) is 245 cm³/mol. The molecule has 0 aromatic rings. The number of carbonyl (C=O) groups excluding carboxylic acids is 2. The molecule has 0 aliphatic rings. The number of allylic oxidation sites excluding steroid dienone is 2. The van der Waals surface area contributed by atoms with Crippen molar-refractivity contribution >= 4 is 17.9 Å². The molecular formula is C50H96NO8+. The van der Waals surface area contributed by atoms with Crippen LogP contribution in [0.4, 0.5) is 0 Å². The molecular weight excluding hydrogens is 743 g/mol. The number of hydrogen-bond donors (Lipinski definition) is 1. The van der Waals surface area contributed by atoms with Crippen LogP contribution >= 0.6 is 0 Å². The van der Waals surface area contributed by atoms with Gasteiger partial charge in [-0.3, -0.25) is 9.59 Å². The minimum atomic E-state index is -1.50. The molecule has 348 valence electrons. The van der Waals surface area contributed by atoms with Gasteiger partial charge in [0.15, 0.2) is 6.10 Å². The zero-order chi connectivity index (χ0) is 43.5. The molecule has 2 atom stereocenters. The summed E-state index contributed by atoms with van der Waals surface area (Å²) in [5.74, 6) is -2.01. The first-order chi connectivity index (χ1) is 28.6. The number of carboxylic acid groups (broad SMARTS) is 1. The molecule has 2 unspecified atom stereocenters. The second-order valence-electron chi connectivity index (χ2n) is 18.1. The molecule has 0 aliphatic heterocycles. The molecule has 0 saturated heterocycles. The first-order valence-corrected chi connectivity index (χ1v) is 24.9. The molecule has 9 heteroatoms. The van der Waals surface area contributed by atoms with E-state index >= 15 is 0 Å². The quantitative estimate of drug-likeness (QED) is 0.0212. The van der Waals surface area contributed by atoms with Gasteiger partial charge in [-0.15, -0.1) is 0 Å². The molecule has 0 bridgehead atoms. The zero-order valence-corrected chi connectivity index (χ0v) is 39.4. The fraction of sp³-hybridized carbons (Fsp3) is 0.900. The van der Waals surface area contributed by atoms with E-state index in [1.165, 1.54) is 154 Å². The van der Waals surface area contributed by atoms with Gasteiger partial charge < -0.3 is 28.5 Å². The van der Waals surface area contributed by atoms with Gasteiger partial charge in [-0.05, 0) is 38.5 Å². The summed E-state index contributed by atoms with van der Waals surface area (Å²) in [6, 6.07) is 0. The van der Waals surface area contributed by atoms with E-state index < -0.39 is 24.3 Å². The summed E-state index contributed by atoms with van der Waals surface area (Å²) in [4.78, 5) is 36.8. The van der Waals surface area contributed by atoms with E-state index in [9.17, 15) is 19.5 Å². The van der Waals surface area contributed by atoms with Crippen LogP contribution in [0, 0.1) is 0 Å². The zero-order valence-electron chi connectivity index (χ0n) is 39.4. The second-order valence-corrected chi connectivity index (χ2v) is 18.1. The number of ether oxygens (including phenoxy) is 4. The van der Waals surface area contributed by atoms with Crippen LogP contribution in [-0.2, 0) is 33.3 Å². The van der Waals surface area contributed by atoms with Crippen molar-refractivity contribution in [1.29, 1.82) is 0 Å². The Morgan fingerprint density at radius 2 is 0.864 bits per heavy atom. The molecule has 0 aliphatic carbocycles. The van der Waals surface area contributed by atoms with Gasteiger partial charge in [0.1, 0.15) is 13.2 Å². The highest BCUT2D eigenvalue weighted by molar-refractivity contribution is 5.71. The van der Waals surface area contributed by atoms with Crippen LogP contribution in [0.25, 0.3) is 0 Å². The summed E-state index contributed by atoms with van der Waals surface area (Å²) in [5.41, 5.74) is 0. The average molecular weight is 839 g/mol. The Kier molecular flexibility index (Phi) is 41.3. The first-order valence-electron chi connectivity index (χ1n) is 24.9. The Morgan fingerprint density at radius 3 is 1.25 bits per heavy atom. The van der Waals surface area contributed by atoms with E-state index in [-0.39, 0.29) is 32.2 Å². The first kappa shape index (κ1) is 57.0. The molecule has 0 heterocycles. The van der Waals surface area contributed by atoms with E-state index in [0.717, 1.165) is 51.4 Å². The van der Waals surface area contributed by atoms with Crippen LogP contribution in [0.1, 0.15) is 232 Å². The smallest absolute Gasteiger partial charge is 0.361 e. The van der Waals surface area contributed by atoms with Crippen molar-refractivity contribution in [3.8, 4) is 0 Å². The molecule has 0 radical (unpaired) electrons. The van der Waals surface area contributed by atoms with Crippen LogP contribution in [0.3, 0.4) is 0 Å². The largest absolute Gasteiger partial charge is 0.477 e. The summed E-state index contributed by atoms with van der Waals surface area (Å²) in [6.45, 7) is 4.80. The van der Waals surface area contributed by atoms with Crippen LogP contribution in [0.15, 0.2) is 12.2 Å². The fourth-order valence-corrected chi connectivity index (χ4v) is 7.13. The fourth-order valence-electron chi connectivity index (χ4n) is 7.13. The third kappa shape index (κ3) is 43.9. The lowest BCUT2D eigenvalue weighted by atomic mass is 10.0. The third-order valence-corrected chi connectivity index (χ3v) is 11.0. The van der Waals surface area contributed by atoms with Crippen LogP contribution in [0.2, 0.25) is 0 Å². The van der Waals surface area contributed by atoms with Crippen molar-refractivity contribution in [1.82, 2.24) is 0 Å². The van der Waals surface area contributed by atoms with Gasteiger partial charge in [0.05, 0.1) is 34.4 Å². The maximum Gasteiger partial charge on any atom is 0.361 e. The lowest BCUT2D eigenvalue weighted by Gasteiger charge is -2.25. The van der Waals surface area contributed by atoms with Gasteiger partial charge in [-0.25, -0.2) is 4.79 Å². The van der Waals surface area contributed by atoms with Crippen molar-refractivity contribution in [3.05, 3.63) is 12.2 Å². The lowest BCUT2D eigenvalue weighted by Crippen LogP contribution is -2.40. The molecule has 0 amide bonds. The number of carboxylic acids is 1. The number of esters is 2. The van der Waals surface area contributed by atoms with Crippen LogP contribution < -0.4 is 0 Å². The molecule has 0 spiro atoms. The number of quaternary nitrogens is 1. The van der Waals surface area contributed by atoms with E-state index in [4.69, 9.17) is 18.9 Å². The van der Waals surface area contributed by atoms with Gasteiger partial charge in [0, 0.05) is 12.8 Å². The molecule has 0 aromatic heterocycles. The Bertz CT molecular complexity index is 980. The van der Waals surface area contributed by atoms with Gasteiger partial charge in [-0.2, -0.15) is 0 Å². The van der Waals surface area contributed by atoms with Crippen molar-refractivity contribution in [2.75, 3.05) is 47.5 Å². The molecule has 1 N–H and O–H groups in total. The molecule has 0 fully saturated rings. The highest BCUT2D eigenvalue weighted by atomic mass is 16.7. The SMILES string of the molecule is CCCCCCCCCC/C=C\CCCCCCCCCCCCCCCCCCCC(=O)OC(COC(=O)CCCCCCC)COC(OCC[N+](C)(C)C)C(=O)O. The normalized spacial score (nSPS) is 12.9. The molecule has 9 nitrogen and oxygen atoms in total. The van der Waals surface area contributed by atoms with E-state index in [0.29, 0.717) is 17.4 Å². The topological polar surface area (TPSA) is 108 Å². The summed E-state index contributed by atoms with van der Waals surface area (Å²) in [7, 11) is 5.95. The Morgan fingerprint density at radius 1 is 0.492 bits per heavy atom. The van der Waals surface area contributed by atoms with Crippen LogP contribution in [-0.4, -0.2) is 87.4 Å². The van der Waals surface area contributed by atoms with Gasteiger partial charge >= 0.3 is 17.9 Å².